The zero-order chi connectivity index (χ0) is 15.3. The Hall–Kier alpha value is -1.13. The number of hydrogen-bond acceptors (Lipinski definition) is 4. The highest BCUT2D eigenvalue weighted by molar-refractivity contribution is 5.42. The molecule has 1 aliphatic carbocycles. The Morgan fingerprint density at radius 2 is 2.05 bits per heavy atom. The predicted octanol–water partition coefficient (Wildman–Crippen LogP) is 2.97. The summed E-state index contributed by atoms with van der Waals surface area (Å²) in [5.74, 6) is 0.665. The molecular weight excluding hydrogens is 260 g/mol. The molecule has 0 spiro atoms. The van der Waals surface area contributed by atoms with Crippen LogP contribution in [0.5, 0.6) is 0 Å². The maximum Gasteiger partial charge on any atom is 0.128 e. The standard InChI is InChI=1S/C17H30N4/c1-4-12-19-15(14-9-8-13-20-16(14)18)17(21(2)3)10-6-5-7-11-17/h8-9,13,15,19H,4-7,10-12H2,1-3H3,(H2,18,20). The summed E-state index contributed by atoms with van der Waals surface area (Å²) in [5, 5.41) is 3.76. The molecule has 1 saturated carbocycles. The minimum absolute atomic E-state index is 0.143. The van der Waals surface area contributed by atoms with Gasteiger partial charge in [0.15, 0.2) is 0 Å². The minimum atomic E-state index is 0.143. The average molecular weight is 290 g/mol. The number of likely N-dealkylation sites (N-methyl/N-ethyl adjacent to an activating group) is 1. The second-order valence-electron chi connectivity index (χ2n) is 6.42. The number of rotatable bonds is 6. The lowest BCUT2D eigenvalue weighted by Gasteiger charge is -2.49. The molecule has 1 fully saturated rings. The van der Waals surface area contributed by atoms with Crippen molar-refractivity contribution in [3.05, 3.63) is 23.9 Å². The Balaban J connectivity index is 2.39. The summed E-state index contributed by atoms with van der Waals surface area (Å²) < 4.78 is 0. The predicted molar refractivity (Wildman–Crippen MR) is 89.2 cm³/mol. The van der Waals surface area contributed by atoms with Crippen LogP contribution in [-0.4, -0.2) is 36.1 Å². The van der Waals surface area contributed by atoms with Crippen molar-refractivity contribution in [2.75, 3.05) is 26.4 Å². The molecule has 1 atom stereocenters. The number of nitrogen functional groups attached to an aromatic ring is 1. The molecule has 4 nitrogen and oxygen atoms in total. The Labute approximate surface area is 129 Å². The summed E-state index contributed by atoms with van der Waals surface area (Å²) >= 11 is 0. The van der Waals surface area contributed by atoms with Gasteiger partial charge in [0.25, 0.3) is 0 Å². The van der Waals surface area contributed by atoms with Crippen molar-refractivity contribution >= 4 is 5.82 Å². The zero-order valence-corrected chi connectivity index (χ0v) is 13.7. The molecule has 0 saturated heterocycles. The van der Waals surface area contributed by atoms with Crippen molar-refractivity contribution < 1.29 is 0 Å². The van der Waals surface area contributed by atoms with Crippen molar-refractivity contribution in [3.8, 4) is 0 Å². The van der Waals surface area contributed by atoms with Crippen LogP contribution in [-0.2, 0) is 0 Å². The van der Waals surface area contributed by atoms with Gasteiger partial charge in [-0.15, -0.1) is 0 Å². The van der Waals surface area contributed by atoms with Crippen LogP contribution in [0.15, 0.2) is 18.3 Å². The first-order valence-corrected chi connectivity index (χ1v) is 8.23. The number of hydrogen-bond donors (Lipinski definition) is 2. The zero-order valence-electron chi connectivity index (χ0n) is 13.7. The third-order valence-corrected chi connectivity index (χ3v) is 4.93. The third-order valence-electron chi connectivity index (χ3n) is 4.93. The van der Waals surface area contributed by atoms with Crippen molar-refractivity contribution in [1.82, 2.24) is 15.2 Å². The molecule has 1 aromatic rings. The molecule has 118 valence electrons. The van der Waals surface area contributed by atoms with E-state index < -0.39 is 0 Å². The Morgan fingerprint density at radius 3 is 2.62 bits per heavy atom. The number of nitrogens with two attached hydrogens (primary N) is 1. The van der Waals surface area contributed by atoms with Crippen molar-refractivity contribution in [2.24, 2.45) is 0 Å². The van der Waals surface area contributed by atoms with Crippen molar-refractivity contribution in [3.63, 3.8) is 0 Å². The van der Waals surface area contributed by atoms with E-state index in [0.29, 0.717) is 5.82 Å². The van der Waals surface area contributed by atoms with Gasteiger partial charge in [-0.25, -0.2) is 4.98 Å². The molecule has 3 N–H and O–H groups in total. The van der Waals surface area contributed by atoms with Crippen LogP contribution in [0.2, 0.25) is 0 Å². The summed E-state index contributed by atoms with van der Waals surface area (Å²) in [6.45, 7) is 3.22. The molecule has 0 radical (unpaired) electrons. The summed E-state index contributed by atoms with van der Waals surface area (Å²) in [6, 6.07) is 4.38. The van der Waals surface area contributed by atoms with Gasteiger partial charge in [-0.05, 0) is 46.0 Å². The fourth-order valence-corrected chi connectivity index (χ4v) is 3.71. The van der Waals surface area contributed by atoms with E-state index >= 15 is 0 Å². The normalized spacial score (nSPS) is 19.6. The summed E-state index contributed by atoms with van der Waals surface area (Å²) in [4.78, 5) is 6.72. The maximum absolute atomic E-state index is 6.19. The molecule has 0 bridgehead atoms. The van der Waals surface area contributed by atoms with Gasteiger partial charge in [0, 0.05) is 17.3 Å². The van der Waals surface area contributed by atoms with E-state index in [0.717, 1.165) is 18.5 Å². The minimum Gasteiger partial charge on any atom is -0.383 e. The molecule has 1 aromatic heterocycles. The quantitative estimate of drug-likeness (QED) is 0.846. The average Bonchev–Trinajstić information content (AvgIpc) is 2.50. The molecule has 2 rings (SSSR count). The Morgan fingerprint density at radius 1 is 1.33 bits per heavy atom. The fraction of sp³-hybridized carbons (Fsp3) is 0.706. The van der Waals surface area contributed by atoms with Gasteiger partial charge >= 0.3 is 0 Å². The lowest BCUT2D eigenvalue weighted by atomic mass is 9.73. The van der Waals surface area contributed by atoms with Gasteiger partial charge in [0.1, 0.15) is 5.82 Å². The summed E-state index contributed by atoms with van der Waals surface area (Å²) in [6.07, 6.45) is 9.27. The van der Waals surface area contributed by atoms with E-state index in [4.69, 9.17) is 5.73 Å². The lowest BCUT2D eigenvalue weighted by molar-refractivity contribution is 0.0566. The molecule has 21 heavy (non-hydrogen) atoms. The molecular formula is C17H30N4. The van der Waals surface area contributed by atoms with E-state index in [9.17, 15) is 0 Å². The van der Waals surface area contributed by atoms with Crippen LogP contribution in [0.4, 0.5) is 5.82 Å². The first kappa shape index (κ1) is 16.2. The maximum atomic E-state index is 6.19. The Bertz CT molecular complexity index is 438. The lowest BCUT2D eigenvalue weighted by Crippen LogP contribution is -2.55. The van der Waals surface area contributed by atoms with Gasteiger partial charge in [0.05, 0.1) is 6.04 Å². The van der Waals surface area contributed by atoms with Crippen LogP contribution in [0.25, 0.3) is 0 Å². The second kappa shape index (κ2) is 7.23. The third kappa shape index (κ3) is 3.38. The van der Waals surface area contributed by atoms with E-state index in [1.54, 1.807) is 6.20 Å². The van der Waals surface area contributed by atoms with Gasteiger partial charge in [-0.1, -0.05) is 32.3 Å². The van der Waals surface area contributed by atoms with Gasteiger partial charge in [-0.2, -0.15) is 0 Å². The van der Waals surface area contributed by atoms with Crippen LogP contribution >= 0.6 is 0 Å². The first-order chi connectivity index (χ1) is 10.1. The number of anilines is 1. The van der Waals surface area contributed by atoms with Crippen LogP contribution in [0, 0.1) is 0 Å². The van der Waals surface area contributed by atoms with Crippen LogP contribution in [0.1, 0.15) is 57.1 Å². The monoisotopic (exact) mass is 290 g/mol. The van der Waals surface area contributed by atoms with Crippen molar-refractivity contribution in [2.45, 2.75) is 57.0 Å². The molecule has 0 aromatic carbocycles. The van der Waals surface area contributed by atoms with E-state index in [1.807, 2.05) is 6.07 Å². The van der Waals surface area contributed by atoms with Crippen LogP contribution < -0.4 is 11.1 Å². The van der Waals surface area contributed by atoms with Gasteiger partial charge < -0.3 is 16.0 Å². The van der Waals surface area contributed by atoms with Crippen LogP contribution in [0.3, 0.4) is 0 Å². The first-order valence-electron chi connectivity index (χ1n) is 8.23. The van der Waals surface area contributed by atoms with Gasteiger partial charge in [-0.3, -0.25) is 0 Å². The molecule has 1 heterocycles. The van der Waals surface area contributed by atoms with Crippen molar-refractivity contribution in [1.29, 1.82) is 0 Å². The Kier molecular flexibility index (Phi) is 5.59. The summed E-state index contributed by atoms with van der Waals surface area (Å²) in [5.41, 5.74) is 7.49. The highest BCUT2D eigenvalue weighted by atomic mass is 15.2. The number of nitrogens with one attached hydrogen (secondary N) is 1. The molecule has 0 amide bonds. The fourth-order valence-electron chi connectivity index (χ4n) is 3.71. The van der Waals surface area contributed by atoms with E-state index in [2.05, 4.69) is 42.3 Å². The summed E-state index contributed by atoms with van der Waals surface area (Å²) in [7, 11) is 4.41. The highest BCUT2D eigenvalue weighted by Gasteiger charge is 2.42. The number of nitrogens with zero attached hydrogens (tertiary/aromatic N) is 2. The highest BCUT2D eigenvalue weighted by Crippen LogP contribution is 2.43. The number of aromatic nitrogens is 1. The SMILES string of the molecule is CCCNC(c1cccnc1N)C1(N(C)C)CCCCC1. The number of pyridine rings is 1. The molecule has 0 aliphatic heterocycles. The van der Waals surface area contributed by atoms with E-state index in [-0.39, 0.29) is 11.6 Å². The largest absolute Gasteiger partial charge is 0.383 e. The topological polar surface area (TPSA) is 54.2 Å². The molecule has 4 heteroatoms. The van der Waals surface area contributed by atoms with E-state index in [1.165, 1.54) is 32.1 Å². The smallest absolute Gasteiger partial charge is 0.128 e. The molecule has 1 unspecified atom stereocenters. The van der Waals surface area contributed by atoms with Gasteiger partial charge in [0.2, 0.25) is 0 Å². The molecule has 1 aliphatic rings. The second-order valence-corrected chi connectivity index (χ2v) is 6.42.